The van der Waals surface area contributed by atoms with Crippen molar-refractivity contribution in [3.8, 4) is 0 Å². The minimum atomic E-state index is -0.306. The molecule has 3 nitrogen and oxygen atoms in total. The van der Waals surface area contributed by atoms with E-state index in [1.807, 2.05) is 0 Å². The van der Waals surface area contributed by atoms with Gasteiger partial charge in [0.2, 0.25) is 0 Å². The molecule has 76 valence electrons. The van der Waals surface area contributed by atoms with Gasteiger partial charge in [-0.25, -0.2) is 9.18 Å². The highest BCUT2D eigenvalue weighted by molar-refractivity contribution is 5.90. The molecule has 0 aliphatic heterocycles. The van der Waals surface area contributed by atoms with Gasteiger partial charge in [0.15, 0.2) is 0 Å². The average molecular weight is 196 g/mol. The van der Waals surface area contributed by atoms with Gasteiger partial charge in [-0.15, -0.1) is 0 Å². The van der Waals surface area contributed by atoms with Crippen molar-refractivity contribution < 1.29 is 9.18 Å². The Kier molecular flexibility index (Phi) is 3.06. The smallest absolute Gasteiger partial charge is 0.323 e. The predicted molar refractivity (Wildman–Crippen MR) is 53.9 cm³/mol. The van der Waals surface area contributed by atoms with Crippen molar-refractivity contribution in [2.75, 3.05) is 26.0 Å². The lowest BCUT2D eigenvalue weighted by atomic mass is 10.3. The van der Waals surface area contributed by atoms with Crippen molar-refractivity contribution in [1.82, 2.24) is 4.90 Å². The Labute approximate surface area is 82.7 Å². The monoisotopic (exact) mass is 196 g/mol. The maximum absolute atomic E-state index is 12.6. The number of hydrogen-bond acceptors (Lipinski definition) is 1. The van der Waals surface area contributed by atoms with Crippen molar-refractivity contribution >= 4 is 11.7 Å². The van der Waals surface area contributed by atoms with E-state index < -0.39 is 0 Å². The maximum atomic E-state index is 12.6. The minimum absolute atomic E-state index is 0.142. The van der Waals surface area contributed by atoms with Crippen LogP contribution in [0.4, 0.5) is 14.9 Å². The van der Waals surface area contributed by atoms with Crippen molar-refractivity contribution in [2.24, 2.45) is 0 Å². The molecule has 0 fully saturated rings. The second-order valence-electron chi connectivity index (χ2n) is 3.21. The molecule has 0 unspecified atom stereocenters. The van der Waals surface area contributed by atoms with E-state index in [1.54, 1.807) is 33.3 Å². The predicted octanol–water partition coefficient (Wildman–Crippen LogP) is 1.94. The molecule has 0 spiro atoms. The van der Waals surface area contributed by atoms with Gasteiger partial charge in [-0.3, -0.25) is 4.90 Å². The summed E-state index contributed by atoms with van der Waals surface area (Å²) in [5, 5.41) is 0. The number of carbonyl (C=O) groups excluding carboxylic acids is 1. The molecular formula is C10H13FN2O. The highest BCUT2D eigenvalue weighted by Crippen LogP contribution is 2.13. The number of hydrogen-bond donors (Lipinski definition) is 0. The molecule has 0 bridgehead atoms. The number of halogens is 1. The highest BCUT2D eigenvalue weighted by Gasteiger charge is 2.11. The molecule has 0 heterocycles. The van der Waals surface area contributed by atoms with Crippen LogP contribution in [-0.4, -0.2) is 32.1 Å². The van der Waals surface area contributed by atoms with E-state index in [2.05, 4.69) is 0 Å². The number of benzene rings is 1. The Balaban J connectivity index is 2.84. The van der Waals surface area contributed by atoms with Crippen LogP contribution in [0, 0.1) is 5.82 Å². The zero-order valence-corrected chi connectivity index (χ0v) is 8.49. The number of urea groups is 1. The number of anilines is 1. The zero-order valence-electron chi connectivity index (χ0n) is 8.49. The van der Waals surface area contributed by atoms with Crippen LogP contribution in [0.3, 0.4) is 0 Å². The second-order valence-corrected chi connectivity index (χ2v) is 3.21. The van der Waals surface area contributed by atoms with Crippen LogP contribution in [0.2, 0.25) is 0 Å². The van der Waals surface area contributed by atoms with Crippen LogP contribution >= 0.6 is 0 Å². The standard InChI is InChI=1S/C10H13FN2O/c1-12(2)10(14)13(3)9-6-4-8(11)5-7-9/h4-7H,1-3H3. The lowest BCUT2D eigenvalue weighted by Gasteiger charge is -2.21. The van der Waals surface area contributed by atoms with Crippen LogP contribution in [0.15, 0.2) is 24.3 Å². The van der Waals surface area contributed by atoms with Gasteiger partial charge >= 0.3 is 6.03 Å². The molecule has 0 aliphatic rings. The van der Waals surface area contributed by atoms with Crippen molar-refractivity contribution in [1.29, 1.82) is 0 Å². The second kappa shape index (κ2) is 4.09. The molecule has 1 rings (SSSR count). The fraction of sp³-hybridized carbons (Fsp3) is 0.300. The quantitative estimate of drug-likeness (QED) is 0.673. The summed E-state index contributed by atoms with van der Waals surface area (Å²) in [4.78, 5) is 14.4. The van der Waals surface area contributed by atoms with Gasteiger partial charge in [0.1, 0.15) is 5.82 Å². The fourth-order valence-electron chi connectivity index (χ4n) is 1.08. The largest absolute Gasteiger partial charge is 0.330 e. The van der Waals surface area contributed by atoms with Crippen LogP contribution in [0.1, 0.15) is 0 Å². The van der Waals surface area contributed by atoms with Gasteiger partial charge in [-0.1, -0.05) is 0 Å². The van der Waals surface area contributed by atoms with E-state index in [0.29, 0.717) is 5.69 Å². The van der Waals surface area contributed by atoms with E-state index in [4.69, 9.17) is 0 Å². The summed E-state index contributed by atoms with van der Waals surface area (Å²) in [6.07, 6.45) is 0. The molecule has 14 heavy (non-hydrogen) atoms. The first-order valence-corrected chi connectivity index (χ1v) is 4.23. The van der Waals surface area contributed by atoms with Gasteiger partial charge in [0.05, 0.1) is 0 Å². The minimum Gasteiger partial charge on any atom is -0.330 e. The molecular weight excluding hydrogens is 183 g/mol. The molecule has 4 heteroatoms. The normalized spacial score (nSPS) is 9.71. The topological polar surface area (TPSA) is 23.6 Å². The Morgan fingerprint density at radius 2 is 1.64 bits per heavy atom. The number of amides is 2. The molecule has 0 aromatic heterocycles. The van der Waals surface area contributed by atoms with Crippen LogP contribution in [-0.2, 0) is 0 Å². The lowest BCUT2D eigenvalue weighted by molar-refractivity contribution is 0.225. The summed E-state index contributed by atoms with van der Waals surface area (Å²) in [5.41, 5.74) is 0.671. The summed E-state index contributed by atoms with van der Waals surface area (Å²) in [6, 6.07) is 5.65. The maximum Gasteiger partial charge on any atom is 0.323 e. The summed E-state index contributed by atoms with van der Waals surface area (Å²) in [6.45, 7) is 0. The molecule has 1 aromatic carbocycles. The first-order valence-electron chi connectivity index (χ1n) is 4.23. The summed E-state index contributed by atoms with van der Waals surface area (Å²) in [5.74, 6) is -0.306. The van der Waals surface area contributed by atoms with Crippen LogP contribution in [0.25, 0.3) is 0 Å². The molecule has 0 aliphatic carbocycles. The van der Waals surface area contributed by atoms with Crippen LogP contribution in [0.5, 0.6) is 0 Å². The van der Waals surface area contributed by atoms with Gasteiger partial charge in [-0.05, 0) is 24.3 Å². The number of carbonyl (C=O) groups is 1. The molecule has 2 amide bonds. The average Bonchev–Trinajstić information content (AvgIpc) is 2.16. The molecule has 0 N–H and O–H groups in total. The highest BCUT2D eigenvalue weighted by atomic mass is 19.1. The van der Waals surface area contributed by atoms with Crippen molar-refractivity contribution in [3.63, 3.8) is 0 Å². The third-order valence-electron chi connectivity index (χ3n) is 1.88. The third kappa shape index (κ3) is 2.22. The lowest BCUT2D eigenvalue weighted by Crippen LogP contribution is -2.36. The first kappa shape index (κ1) is 10.5. The van der Waals surface area contributed by atoms with Gasteiger partial charge in [0.25, 0.3) is 0 Å². The van der Waals surface area contributed by atoms with Crippen molar-refractivity contribution in [3.05, 3.63) is 30.1 Å². The van der Waals surface area contributed by atoms with Gasteiger partial charge in [-0.2, -0.15) is 0 Å². The number of rotatable bonds is 1. The summed E-state index contributed by atoms with van der Waals surface area (Å²) < 4.78 is 12.6. The van der Waals surface area contributed by atoms with E-state index in [9.17, 15) is 9.18 Å². The molecule has 0 saturated heterocycles. The summed E-state index contributed by atoms with van der Waals surface area (Å²) >= 11 is 0. The summed E-state index contributed by atoms with van der Waals surface area (Å²) in [7, 11) is 4.99. The Morgan fingerprint density at radius 3 is 2.07 bits per heavy atom. The Bertz CT molecular complexity index is 321. The fourth-order valence-corrected chi connectivity index (χ4v) is 1.08. The molecule has 0 atom stereocenters. The van der Waals surface area contributed by atoms with E-state index in [1.165, 1.54) is 21.9 Å². The zero-order chi connectivity index (χ0) is 10.7. The SMILES string of the molecule is CN(C)C(=O)N(C)c1ccc(F)cc1. The van der Waals surface area contributed by atoms with Gasteiger partial charge < -0.3 is 4.90 Å². The Hall–Kier alpha value is -1.58. The molecule has 1 aromatic rings. The Morgan fingerprint density at radius 1 is 1.14 bits per heavy atom. The third-order valence-corrected chi connectivity index (χ3v) is 1.88. The molecule has 0 radical (unpaired) electrons. The van der Waals surface area contributed by atoms with E-state index in [0.717, 1.165) is 0 Å². The van der Waals surface area contributed by atoms with E-state index in [-0.39, 0.29) is 11.8 Å². The van der Waals surface area contributed by atoms with E-state index >= 15 is 0 Å². The van der Waals surface area contributed by atoms with Crippen molar-refractivity contribution in [2.45, 2.75) is 0 Å². The van der Waals surface area contributed by atoms with Gasteiger partial charge in [0, 0.05) is 26.8 Å². The first-order chi connectivity index (χ1) is 6.52. The molecule has 0 saturated carbocycles. The number of nitrogens with zero attached hydrogens (tertiary/aromatic N) is 2. The van der Waals surface area contributed by atoms with Crippen LogP contribution < -0.4 is 4.90 Å².